The third-order valence-electron chi connectivity index (χ3n) is 4.60. The Balaban J connectivity index is 2.10. The van der Waals surface area contributed by atoms with Crippen LogP contribution in [0.3, 0.4) is 0 Å². The predicted molar refractivity (Wildman–Crippen MR) is 74.1 cm³/mol. The van der Waals surface area contributed by atoms with Crippen LogP contribution in [0, 0.1) is 11.8 Å². The summed E-state index contributed by atoms with van der Waals surface area (Å²) in [7, 11) is 0. The molecule has 0 aromatic rings. The molecule has 0 aromatic carbocycles. The first kappa shape index (κ1) is 13.9. The molecular formula is C15H28N2O. The fourth-order valence-electron chi connectivity index (χ4n) is 3.43. The lowest BCUT2D eigenvalue weighted by Gasteiger charge is -2.34. The molecule has 1 N–H and O–H groups in total. The van der Waals surface area contributed by atoms with Crippen molar-refractivity contribution in [3.8, 4) is 0 Å². The summed E-state index contributed by atoms with van der Waals surface area (Å²) in [6.07, 6.45) is 6.49. The maximum atomic E-state index is 12.4. The monoisotopic (exact) mass is 252 g/mol. The van der Waals surface area contributed by atoms with E-state index in [9.17, 15) is 4.79 Å². The van der Waals surface area contributed by atoms with Gasteiger partial charge in [-0.25, -0.2) is 0 Å². The van der Waals surface area contributed by atoms with Crippen molar-refractivity contribution in [3.63, 3.8) is 0 Å². The average molecular weight is 252 g/mol. The van der Waals surface area contributed by atoms with Crippen LogP contribution in [0.15, 0.2) is 0 Å². The third kappa shape index (κ3) is 2.71. The Hall–Kier alpha value is -0.570. The zero-order valence-corrected chi connectivity index (χ0v) is 12.3. The molecule has 1 saturated heterocycles. The number of hydrogen-bond acceptors (Lipinski definition) is 2. The zero-order chi connectivity index (χ0) is 13.3. The van der Waals surface area contributed by atoms with Gasteiger partial charge in [0, 0.05) is 6.04 Å². The van der Waals surface area contributed by atoms with Gasteiger partial charge in [0.15, 0.2) is 0 Å². The summed E-state index contributed by atoms with van der Waals surface area (Å²) in [5.41, 5.74) is 0. The number of rotatable bonds is 2. The van der Waals surface area contributed by atoms with Crippen LogP contribution >= 0.6 is 0 Å². The van der Waals surface area contributed by atoms with Gasteiger partial charge in [-0.15, -0.1) is 0 Å². The molecule has 1 saturated carbocycles. The molecule has 4 atom stereocenters. The SMILES string of the molecule is CC1CCCC(N2C(=O)C(C)NC2C(C)C)CC1. The lowest BCUT2D eigenvalue weighted by atomic mass is 10.0. The lowest BCUT2D eigenvalue weighted by molar-refractivity contribution is -0.132. The second-order valence-corrected chi connectivity index (χ2v) is 6.59. The van der Waals surface area contributed by atoms with Gasteiger partial charge in [-0.05, 0) is 38.0 Å². The summed E-state index contributed by atoms with van der Waals surface area (Å²) >= 11 is 0. The van der Waals surface area contributed by atoms with E-state index >= 15 is 0 Å². The minimum atomic E-state index is -0.00178. The topological polar surface area (TPSA) is 32.3 Å². The Bertz CT molecular complexity index is 303. The Morgan fingerprint density at radius 3 is 2.56 bits per heavy atom. The van der Waals surface area contributed by atoms with Crippen molar-refractivity contribution < 1.29 is 4.79 Å². The van der Waals surface area contributed by atoms with E-state index < -0.39 is 0 Å². The Kier molecular flexibility index (Phi) is 4.31. The van der Waals surface area contributed by atoms with Gasteiger partial charge in [0.1, 0.15) is 0 Å². The van der Waals surface area contributed by atoms with Crippen LogP contribution < -0.4 is 5.32 Å². The van der Waals surface area contributed by atoms with Gasteiger partial charge in [0.25, 0.3) is 0 Å². The summed E-state index contributed by atoms with van der Waals surface area (Å²) in [5.74, 6) is 1.63. The maximum absolute atomic E-state index is 12.4. The molecule has 3 heteroatoms. The molecule has 0 bridgehead atoms. The predicted octanol–water partition coefficient (Wildman–Crippen LogP) is 2.76. The van der Waals surface area contributed by atoms with Gasteiger partial charge < -0.3 is 4.90 Å². The number of carbonyl (C=O) groups is 1. The first-order valence-electron chi connectivity index (χ1n) is 7.59. The van der Waals surface area contributed by atoms with Crippen molar-refractivity contribution in [2.75, 3.05) is 0 Å². The second kappa shape index (κ2) is 5.60. The van der Waals surface area contributed by atoms with E-state index in [1.165, 1.54) is 32.1 Å². The molecule has 2 rings (SSSR count). The molecule has 0 spiro atoms. The summed E-state index contributed by atoms with van der Waals surface area (Å²) in [6.45, 7) is 8.75. The van der Waals surface area contributed by atoms with Gasteiger partial charge in [-0.2, -0.15) is 0 Å². The van der Waals surface area contributed by atoms with Crippen LogP contribution in [0.4, 0.5) is 0 Å². The fraction of sp³-hybridized carbons (Fsp3) is 0.933. The van der Waals surface area contributed by atoms with Crippen LogP contribution in [0.25, 0.3) is 0 Å². The molecule has 18 heavy (non-hydrogen) atoms. The quantitative estimate of drug-likeness (QED) is 0.766. The van der Waals surface area contributed by atoms with Crippen LogP contribution in [-0.4, -0.2) is 29.1 Å². The van der Waals surface area contributed by atoms with E-state index in [0.29, 0.717) is 17.9 Å². The first-order chi connectivity index (χ1) is 8.50. The van der Waals surface area contributed by atoms with Gasteiger partial charge >= 0.3 is 0 Å². The largest absolute Gasteiger partial charge is 0.323 e. The highest BCUT2D eigenvalue weighted by Gasteiger charge is 2.41. The molecule has 0 aromatic heterocycles. The molecular weight excluding hydrogens is 224 g/mol. The number of hydrogen-bond donors (Lipinski definition) is 1. The lowest BCUT2D eigenvalue weighted by Crippen LogP contribution is -2.47. The summed E-state index contributed by atoms with van der Waals surface area (Å²) in [6, 6.07) is 0.463. The van der Waals surface area contributed by atoms with Gasteiger partial charge in [0.2, 0.25) is 5.91 Å². The third-order valence-corrected chi connectivity index (χ3v) is 4.60. The van der Waals surface area contributed by atoms with Crippen molar-refractivity contribution >= 4 is 5.91 Å². The number of nitrogens with zero attached hydrogens (tertiary/aromatic N) is 1. The van der Waals surface area contributed by atoms with Gasteiger partial charge in [0.05, 0.1) is 12.2 Å². The molecule has 0 radical (unpaired) electrons. The maximum Gasteiger partial charge on any atom is 0.240 e. The minimum Gasteiger partial charge on any atom is -0.323 e. The molecule has 2 aliphatic rings. The number of carbonyl (C=O) groups excluding carboxylic acids is 1. The van der Waals surface area contributed by atoms with Crippen LogP contribution in [0.1, 0.15) is 59.8 Å². The standard InChI is InChI=1S/C15H28N2O/c1-10(2)14-16-12(4)15(18)17(14)13-7-5-6-11(3)8-9-13/h10-14,16H,5-9H2,1-4H3. The van der Waals surface area contributed by atoms with E-state index in [0.717, 1.165) is 5.92 Å². The molecule has 2 fully saturated rings. The van der Waals surface area contributed by atoms with E-state index in [1.54, 1.807) is 0 Å². The van der Waals surface area contributed by atoms with Crippen LogP contribution in [0.5, 0.6) is 0 Å². The average Bonchev–Trinajstić information content (AvgIpc) is 2.50. The first-order valence-corrected chi connectivity index (χ1v) is 7.59. The molecule has 1 aliphatic heterocycles. The molecule has 3 nitrogen and oxygen atoms in total. The molecule has 1 aliphatic carbocycles. The highest BCUT2D eigenvalue weighted by Crippen LogP contribution is 2.30. The van der Waals surface area contributed by atoms with Crippen molar-refractivity contribution in [1.29, 1.82) is 0 Å². The molecule has 1 heterocycles. The number of amides is 1. The number of nitrogens with one attached hydrogen (secondary N) is 1. The van der Waals surface area contributed by atoms with E-state index in [4.69, 9.17) is 0 Å². The summed E-state index contributed by atoms with van der Waals surface area (Å²) in [4.78, 5) is 14.6. The fourth-order valence-corrected chi connectivity index (χ4v) is 3.43. The summed E-state index contributed by atoms with van der Waals surface area (Å²) < 4.78 is 0. The van der Waals surface area contributed by atoms with E-state index in [2.05, 4.69) is 31.0 Å². The minimum absolute atomic E-state index is 0.00178. The van der Waals surface area contributed by atoms with E-state index in [-0.39, 0.29) is 12.2 Å². The Morgan fingerprint density at radius 2 is 1.89 bits per heavy atom. The van der Waals surface area contributed by atoms with Crippen molar-refractivity contribution in [2.45, 2.75) is 78.0 Å². The zero-order valence-electron chi connectivity index (χ0n) is 12.3. The second-order valence-electron chi connectivity index (χ2n) is 6.59. The normalized spacial score (nSPS) is 38.3. The van der Waals surface area contributed by atoms with Crippen LogP contribution in [0.2, 0.25) is 0 Å². The van der Waals surface area contributed by atoms with Gasteiger partial charge in [-0.3, -0.25) is 10.1 Å². The Morgan fingerprint density at radius 1 is 1.17 bits per heavy atom. The summed E-state index contributed by atoms with van der Waals surface area (Å²) in [5, 5.41) is 3.46. The Labute approximate surface area is 111 Å². The smallest absolute Gasteiger partial charge is 0.240 e. The van der Waals surface area contributed by atoms with Gasteiger partial charge in [-0.1, -0.05) is 33.6 Å². The van der Waals surface area contributed by atoms with E-state index in [1.807, 2.05) is 6.92 Å². The van der Waals surface area contributed by atoms with Crippen LogP contribution in [-0.2, 0) is 4.79 Å². The highest BCUT2D eigenvalue weighted by atomic mass is 16.2. The molecule has 4 unspecified atom stereocenters. The van der Waals surface area contributed by atoms with Crippen molar-refractivity contribution in [2.24, 2.45) is 11.8 Å². The van der Waals surface area contributed by atoms with Crippen molar-refractivity contribution in [3.05, 3.63) is 0 Å². The molecule has 1 amide bonds. The molecule has 104 valence electrons. The van der Waals surface area contributed by atoms with Crippen molar-refractivity contribution in [1.82, 2.24) is 10.2 Å². The highest BCUT2D eigenvalue weighted by molar-refractivity contribution is 5.84.